The first-order valence-electron chi connectivity index (χ1n) is 9.57. The van der Waals surface area contributed by atoms with Crippen molar-refractivity contribution >= 4 is 11.7 Å². The van der Waals surface area contributed by atoms with Crippen molar-refractivity contribution in [3.63, 3.8) is 0 Å². The molecule has 3 heterocycles. The van der Waals surface area contributed by atoms with Gasteiger partial charge in [0.1, 0.15) is 12.1 Å². The molecule has 2 aromatic rings. The highest BCUT2D eigenvalue weighted by molar-refractivity contribution is 5.82. The topological polar surface area (TPSA) is 88.0 Å². The first-order chi connectivity index (χ1) is 13.7. The zero-order chi connectivity index (χ0) is 19.1. The highest BCUT2D eigenvalue weighted by atomic mass is 16.7. The third-order valence-electron chi connectivity index (χ3n) is 5.66. The van der Waals surface area contributed by atoms with E-state index in [0.29, 0.717) is 25.6 Å². The molecule has 0 unspecified atom stereocenters. The second-order valence-corrected chi connectivity index (χ2v) is 7.55. The lowest BCUT2D eigenvalue weighted by Crippen LogP contribution is -2.50. The second-order valence-electron chi connectivity index (χ2n) is 7.55. The molecule has 8 nitrogen and oxygen atoms in total. The number of ether oxygens (including phenoxy) is 2. The lowest BCUT2D eigenvalue weighted by molar-refractivity contribution is -0.131. The molecule has 1 saturated heterocycles. The van der Waals surface area contributed by atoms with E-state index in [1.54, 1.807) is 6.33 Å². The van der Waals surface area contributed by atoms with Crippen LogP contribution in [-0.4, -0.2) is 58.4 Å². The molecule has 0 atom stereocenters. The van der Waals surface area contributed by atoms with E-state index >= 15 is 0 Å². The maximum atomic E-state index is 12.7. The number of aliphatic hydroxyl groups is 1. The number of aromatic nitrogens is 2. The van der Waals surface area contributed by atoms with Crippen LogP contribution in [-0.2, 0) is 11.3 Å². The van der Waals surface area contributed by atoms with Gasteiger partial charge in [0.15, 0.2) is 11.5 Å². The Morgan fingerprint density at radius 3 is 2.79 bits per heavy atom. The Morgan fingerprint density at radius 2 is 1.96 bits per heavy atom. The highest BCUT2D eigenvalue weighted by Gasteiger charge is 2.31. The van der Waals surface area contributed by atoms with Crippen molar-refractivity contribution in [2.24, 2.45) is 0 Å². The summed E-state index contributed by atoms with van der Waals surface area (Å²) in [5.41, 5.74) is 1.98. The molecule has 8 heteroatoms. The van der Waals surface area contributed by atoms with Gasteiger partial charge < -0.3 is 24.4 Å². The van der Waals surface area contributed by atoms with Gasteiger partial charge in [-0.2, -0.15) is 0 Å². The van der Waals surface area contributed by atoms with Crippen LogP contribution in [0.15, 0.2) is 30.6 Å². The van der Waals surface area contributed by atoms with Gasteiger partial charge in [-0.1, -0.05) is 6.07 Å². The minimum atomic E-state index is -0.218. The van der Waals surface area contributed by atoms with E-state index in [9.17, 15) is 9.90 Å². The summed E-state index contributed by atoms with van der Waals surface area (Å²) in [7, 11) is 0. The van der Waals surface area contributed by atoms with Gasteiger partial charge in [0.05, 0.1) is 12.6 Å². The summed E-state index contributed by atoms with van der Waals surface area (Å²) >= 11 is 0. The number of hydrogen-bond donors (Lipinski definition) is 1. The van der Waals surface area contributed by atoms with E-state index in [0.717, 1.165) is 48.0 Å². The van der Waals surface area contributed by atoms with E-state index in [2.05, 4.69) is 9.97 Å². The SMILES string of the molecule is O=C1CN(c2cc(C3CC(O)C3)ncn2)CCN1Cc1ccc2c(c1)OCO2. The maximum absolute atomic E-state index is 12.7. The van der Waals surface area contributed by atoms with E-state index in [4.69, 9.17) is 9.47 Å². The third-order valence-corrected chi connectivity index (χ3v) is 5.66. The normalized spacial score (nSPS) is 23.7. The monoisotopic (exact) mass is 382 g/mol. The third kappa shape index (κ3) is 3.24. The van der Waals surface area contributed by atoms with Crippen molar-refractivity contribution in [1.82, 2.24) is 14.9 Å². The number of rotatable bonds is 4. The molecule has 2 fully saturated rings. The van der Waals surface area contributed by atoms with Crippen LogP contribution >= 0.6 is 0 Å². The molecule has 2 aliphatic heterocycles. The molecule has 1 N–H and O–H groups in total. The van der Waals surface area contributed by atoms with Gasteiger partial charge in [0.25, 0.3) is 0 Å². The number of hydrogen-bond acceptors (Lipinski definition) is 7. The molecule has 28 heavy (non-hydrogen) atoms. The van der Waals surface area contributed by atoms with Crippen LogP contribution in [0.3, 0.4) is 0 Å². The summed E-state index contributed by atoms with van der Waals surface area (Å²) in [5, 5.41) is 9.52. The number of benzene rings is 1. The molecule has 0 bridgehead atoms. The molecule has 0 spiro atoms. The number of nitrogens with zero attached hydrogens (tertiary/aromatic N) is 4. The molecular weight excluding hydrogens is 360 g/mol. The minimum Gasteiger partial charge on any atom is -0.454 e. The van der Waals surface area contributed by atoms with Crippen LogP contribution in [0.2, 0.25) is 0 Å². The molecular formula is C20H22N4O4. The number of anilines is 1. The van der Waals surface area contributed by atoms with E-state index in [1.165, 1.54) is 0 Å². The lowest BCUT2D eigenvalue weighted by atomic mass is 9.80. The Balaban J connectivity index is 1.23. The molecule has 0 radical (unpaired) electrons. The van der Waals surface area contributed by atoms with Crippen molar-refractivity contribution < 1.29 is 19.4 Å². The fourth-order valence-corrected chi connectivity index (χ4v) is 3.92. The predicted octanol–water partition coefficient (Wildman–Crippen LogP) is 1.29. The molecule has 146 valence electrons. The molecule has 1 aromatic carbocycles. The maximum Gasteiger partial charge on any atom is 0.242 e. The Hall–Kier alpha value is -2.87. The van der Waals surface area contributed by atoms with Crippen molar-refractivity contribution in [3.8, 4) is 11.5 Å². The van der Waals surface area contributed by atoms with Crippen LogP contribution in [0.4, 0.5) is 5.82 Å². The lowest BCUT2D eigenvalue weighted by Gasteiger charge is -2.36. The summed E-state index contributed by atoms with van der Waals surface area (Å²) in [6, 6.07) is 7.75. The van der Waals surface area contributed by atoms with Crippen LogP contribution < -0.4 is 14.4 Å². The van der Waals surface area contributed by atoms with E-state index in [-0.39, 0.29) is 18.8 Å². The number of piperazine rings is 1. The van der Waals surface area contributed by atoms with Gasteiger partial charge in [0, 0.05) is 37.3 Å². The van der Waals surface area contributed by atoms with Crippen LogP contribution in [0.1, 0.15) is 30.0 Å². The van der Waals surface area contributed by atoms with Crippen molar-refractivity contribution in [3.05, 3.63) is 41.9 Å². The number of aliphatic hydroxyl groups excluding tert-OH is 1. The summed E-state index contributed by atoms with van der Waals surface area (Å²) in [6.07, 6.45) is 2.83. The van der Waals surface area contributed by atoms with Gasteiger partial charge in [0.2, 0.25) is 12.7 Å². The van der Waals surface area contributed by atoms with E-state index in [1.807, 2.05) is 34.1 Å². The average molecular weight is 382 g/mol. The molecule has 3 aliphatic rings. The van der Waals surface area contributed by atoms with E-state index < -0.39 is 0 Å². The zero-order valence-corrected chi connectivity index (χ0v) is 15.5. The molecule has 5 rings (SSSR count). The molecule has 1 amide bonds. The first kappa shape index (κ1) is 17.2. The number of fused-ring (bicyclic) bond motifs is 1. The van der Waals surface area contributed by atoms with Crippen LogP contribution in [0.5, 0.6) is 11.5 Å². The molecule has 1 aliphatic carbocycles. The second kappa shape index (κ2) is 6.94. The Labute approximate surface area is 162 Å². The Bertz CT molecular complexity index is 900. The number of amides is 1. The Morgan fingerprint density at radius 1 is 1.11 bits per heavy atom. The molecule has 1 aromatic heterocycles. The van der Waals surface area contributed by atoms with Gasteiger partial charge in [-0.05, 0) is 30.5 Å². The predicted molar refractivity (Wildman–Crippen MR) is 100 cm³/mol. The standard InChI is InChI=1S/C20H22N4O4/c25-15-6-14(7-15)16-8-19(22-11-21-16)23-3-4-24(20(26)10-23)9-13-1-2-17-18(5-13)28-12-27-17/h1-2,5,8,11,14-15,25H,3-4,6-7,9-10,12H2. The van der Waals surface area contributed by atoms with Crippen molar-refractivity contribution in [1.29, 1.82) is 0 Å². The van der Waals surface area contributed by atoms with Gasteiger partial charge in [-0.3, -0.25) is 4.79 Å². The summed E-state index contributed by atoms with van der Waals surface area (Å²) in [5.74, 6) is 2.63. The van der Waals surface area contributed by atoms with Gasteiger partial charge >= 0.3 is 0 Å². The highest BCUT2D eigenvalue weighted by Crippen LogP contribution is 2.36. The summed E-state index contributed by atoms with van der Waals surface area (Å²) in [4.78, 5) is 25.3. The Kier molecular flexibility index (Phi) is 4.27. The van der Waals surface area contributed by atoms with Crippen molar-refractivity contribution in [2.75, 3.05) is 31.3 Å². The van der Waals surface area contributed by atoms with Gasteiger partial charge in [-0.25, -0.2) is 9.97 Å². The fraction of sp³-hybridized carbons (Fsp3) is 0.450. The van der Waals surface area contributed by atoms with Crippen LogP contribution in [0, 0.1) is 0 Å². The number of carbonyl (C=O) groups is 1. The first-order valence-corrected chi connectivity index (χ1v) is 9.57. The van der Waals surface area contributed by atoms with Gasteiger partial charge in [-0.15, -0.1) is 0 Å². The smallest absolute Gasteiger partial charge is 0.242 e. The zero-order valence-electron chi connectivity index (χ0n) is 15.5. The minimum absolute atomic E-state index is 0.0724. The number of carbonyl (C=O) groups excluding carboxylic acids is 1. The van der Waals surface area contributed by atoms with Crippen LogP contribution in [0.25, 0.3) is 0 Å². The van der Waals surface area contributed by atoms with Crippen molar-refractivity contribution in [2.45, 2.75) is 31.4 Å². The fourth-order valence-electron chi connectivity index (χ4n) is 3.92. The average Bonchev–Trinajstić information content (AvgIpc) is 3.15. The quantitative estimate of drug-likeness (QED) is 0.852. The summed E-state index contributed by atoms with van der Waals surface area (Å²) in [6.45, 7) is 2.46. The largest absolute Gasteiger partial charge is 0.454 e. The summed E-state index contributed by atoms with van der Waals surface area (Å²) < 4.78 is 10.8. The molecule has 1 saturated carbocycles.